The number of rotatable bonds is 0. The minimum Gasteiger partial charge on any atom is -0.490 e. The maximum absolute atomic E-state index is 14.9. The molecule has 0 saturated carbocycles. The SMILES string of the molecule is Cc1c(F)c2c3c(nc(=O)n(I)c3c1F)N1CC(C)N(C)CC1CCO2. The number of piperazine rings is 1. The minimum absolute atomic E-state index is 0.0168. The third-order valence-electron chi connectivity index (χ3n) is 5.44. The van der Waals surface area contributed by atoms with Crippen LogP contribution in [0.1, 0.15) is 18.9 Å². The fourth-order valence-corrected chi connectivity index (χ4v) is 4.34. The molecule has 6 nitrogen and oxygen atoms in total. The van der Waals surface area contributed by atoms with Crippen molar-refractivity contribution in [1.29, 1.82) is 0 Å². The predicted molar refractivity (Wildman–Crippen MR) is 103 cm³/mol. The first-order valence-corrected chi connectivity index (χ1v) is 9.47. The molecule has 0 N–H and O–H groups in total. The van der Waals surface area contributed by atoms with Gasteiger partial charge < -0.3 is 9.64 Å². The monoisotopic (exact) mass is 476 g/mol. The molecule has 1 fully saturated rings. The van der Waals surface area contributed by atoms with Gasteiger partial charge in [-0.05, 0) is 20.9 Å². The van der Waals surface area contributed by atoms with E-state index in [0.717, 1.165) is 9.33 Å². The average Bonchev–Trinajstić information content (AvgIpc) is 2.59. The molecule has 1 saturated heterocycles. The van der Waals surface area contributed by atoms with E-state index in [9.17, 15) is 13.6 Å². The molecule has 0 radical (unpaired) electrons. The molecule has 26 heavy (non-hydrogen) atoms. The zero-order chi connectivity index (χ0) is 18.7. The molecule has 2 atom stereocenters. The fraction of sp³-hybridized carbons (Fsp3) is 0.529. The van der Waals surface area contributed by atoms with Gasteiger partial charge in [-0.25, -0.2) is 16.4 Å². The van der Waals surface area contributed by atoms with Crippen molar-refractivity contribution >= 4 is 39.6 Å². The van der Waals surface area contributed by atoms with Gasteiger partial charge in [0, 0.05) is 37.2 Å². The highest BCUT2D eigenvalue weighted by atomic mass is 127. The zero-order valence-electron chi connectivity index (χ0n) is 14.7. The molecule has 2 unspecified atom stereocenters. The van der Waals surface area contributed by atoms with Gasteiger partial charge in [0.25, 0.3) is 0 Å². The largest absolute Gasteiger partial charge is 0.490 e. The van der Waals surface area contributed by atoms with E-state index in [1.807, 2.05) is 11.9 Å². The van der Waals surface area contributed by atoms with Gasteiger partial charge in [0.1, 0.15) is 11.3 Å². The number of hydrogen-bond acceptors (Lipinski definition) is 5. The topological polar surface area (TPSA) is 50.6 Å². The molecular formula is C17H19F2IN4O2. The first-order chi connectivity index (χ1) is 12.3. The Kier molecular flexibility index (Phi) is 4.33. The summed E-state index contributed by atoms with van der Waals surface area (Å²) in [5.74, 6) is -1.18. The molecule has 2 aliphatic heterocycles. The number of nitrogens with zero attached hydrogens (tertiary/aromatic N) is 4. The van der Waals surface area contributed by atoms with Gasteiger partial charge in [-0.2, -0.15) is 4.98 Å². The first kappa shape index (κ1) is 17.9. The summed E-state index contributed by atoms with van der Waals surface area (Å²) in [6.45, 7) is 5.15. The molecule has 2 aliphatic rings. The number of fused-ring (bicyclic) bond motifs is 2. The van der Waals surface area contributed by atoms with Crippen molar-refractivity contribution in [2.75, 3.05) is 31.6 Å². The maximum atomic E-state index is 14.9. The molecular weight excluding hydrogens is 457 g/mol. The van der Waals surface area contributed by atoms with Crippen molar-refractivity contribution in [3.05, 3.63) is 27.7 Å². The zero-order valence-corrected chi connectivity index (χ0v) is 16.9. The standard InChI is InChI=1S/C17H19F2IN4O2/c1-8-6-23-10(7-22(8)3)4-5-26-15-11-14(12(18)9(2)13(15)19)24(20)17(25)21-16(11)23/h8,10H,4-7H2,1-3H3. The van der Waals surface area contributed by atoms with Crippen LogP contribution in [-0.2, 0) is 0 Å². The Morgan fingerprint density at radius 2 is 2.00 bits per heavy atom. The normalized spacial score (nSPS) is 23.4. The molecule has 3 heterocycles. The Morgan fingerprint density at radius 3 is 2.73 bits per heavy atom. The first-order valence-electron chi connectivity index (χ1n) is 8.51. The van der Waals surface area contributed by atoms with Crippen LogP contribution in [0, 0.1) is 18.6 Å². The summed E-state index contributed by atoms with van der Waals surface area (Å²) in [6.07, 6.45) is 0.670. The Labute approximate surface area is 163 Å². The summed E-state index contributed by atoms with van der Waals surface area (Å²) in [5.41, 5.74) is -0.699. The lowest BCUT2D eigenvalue weighted by molar-refractivity contribution is 0.178. The molecule has 140 valence electrons. The second kappa shape index (κ2) is 6.29. The third kappa shape index (κ3) is 2.50. The Balaban J connectivity index is 2.09. The maximum Gasteiger partial charge on any atom is 0.359 e. The summed E-state index contributed by atoms with van der Waals surface area (Å²) in [6, 6.07) is 0.297. The van der Waals surface area contributed by atoms with E-state index in [4.69, 9.17) is 4.74 Å². The van der Waals surface area contributed by atoms with Gasteiger partial charge in [-0.15, -0.1) is 0 Å². The Morgan fingerprint density at radius 1 is 1.27 bits per heavy atom. The van der Waals surface area contributed by atoms with E-state index in [1.165, 1.54) is 6.92 Å². The minimum atomic E-state index is -0.751. The van der Waals surface area contributed by atoms with E-state index < -0.39 is 17.3 Å². The van der Waals surface area contributed by atoms with Crippen molar-refractivity contribution in [3.63, 3.8) is 0 Å². The lowest BCUT2D eigenvalue weighted by Gasteiger charge is -2.45. The van der Waals surface area contributed by atoms with Gasteiger partial charge >= 0.3 is 5.69 Å². The van der Waals surface area contributed by atoms with E-state index in [-0.39, 0.29) is 34.3 Å². The van der Waals surface area contributed by atoms with Gasteiger partial charge in [0.15, 0.2) is 17.4 Å². The van der Waals surface area contributed by atoms with Crippen molar-refractivity contribution in [2.24, 2.45) is 0 Å². The number of ether oxygens (including phenoxy) is 1. The molecule has 1 aromatic carbocycles. The van der Waals surface area contributed by atoms with Gasteiger partial charge in [0.05, 0.1) is 34.9 Å². The quantitative estimate of drug-likeness (QED) is 0.548. The number of anilines is 1. The van der Waals surface area contributed by atoms with Gasteiger partial charge in [-0.1, -0.05) is 0 Å². The molecule has 1 aromatic heterocycles. The molecule has 0 amide bonds. The fourth-order valence-electron chi connectivity index (χ4n) is 3.78. The third-order valence-corrected chi connectivity index (χ3v) is 6.34. The summed E-state index contributed by atoms with van der Waals surface area (Å²) >= 11 is 1.70. The van der Waals surface area contributed by atoms with Gasteiger partial charge in [-0.3, -0.25) is 4.90 Å². The number of benzene rings is 1. The van der Waals surface area contributed by atoms with Crippen molar-refractivity contribution in [2.45, 2.75) is 32.4 Å². The van der Waals surface area contributed by atoms with E-state index in [2.05, 4.69) is 16.8 Å². The lowest BCUT2D eigenvalue weighted by atomic mass is 10.0. The van der Waals surface area contributed by atoms with Crippen LogP contribution in [0.2, 0.25) is 0 Å². The molecule has 9 heteroatoms. The molecule has 2 aromatic rings. The van der Waals surface area contributed by atoms with Crippen molar-refractivity contribution < 1.29 is 13.5 Å². The highest BCUT2D eigenvalue weighted by molar-refractivity contribution is 14.1. The van der Waals surface area contributed by atoms with E-state index in [1.54, 1.807) is 22.9 Å². The highest BCUT2D eigenvalue weighted by Crippen LogP contribution is 2.41. The summed E-state index contributed by atoms with van der Waals surface area (Å²) in [5, 5.41) is 0.237. The smallest absolute Gasteiger partial charge is 0.359 e. The molecule has 0 spiro atoms. The predicted octanol–water partition coefficient (Wildman–Crippen LogP) is 2.47. The van der Waals surface area contributed by atoms with Crippen LogP contribution >= 0.6 is 22.9 Å². The van der Waals surface area contributed by atoms with E-state index >= 15 is 0 Å². The summed E-state index contributed by atoms with van der Waals surface area (Å²) in [7, 11) is 2.05. The van der Waals surface area contributed by atoms with Crippen LogP contribution in [0.15, 0.2) is 4.79 Å². The Bertz CT molecular complexity index is 964. The lowest BCUT2D eigenvalue weighted by Crippen LogP contribution is -2.57. The summed E-state index contributed by atoms with van der Waals surface area (Å²) < 4.78 is 36.5. The van der Waals surface area contributed by atoms with E-state index in [0.29, 0.717) is 25.4 Å². The number of hydrogen-bond donors (Lipinski definition) is 0. The number of likely N-dealkylation sites (N-methyl/N-ethyl adjacent to an activating group) is 1. The second-order valence-corrected chi connectivity index (χ2v) is 8.00. The van der Waals surface area contributed by atoms with Crippen LogP contribution < -0.4 is 15.3 Å². The highest BCUT2D eigenvalue weighted by Gasteiger charge is 2.36. The van der Waals surface area contributed by atoms with Crippen LogP contribution in [0.4, 0.5) is 14.6 Å². The molecule has 0 bridgehead atoms. The van der Waals surface area contributed by atoms with Crippen LogP contribution in [0.3, 0.4) is 0 Å². The van der Waals surface area contributed by atoms with Crippen LogP contribution in [0.25, 0.3) is 10.9 Å². The van der Waals surface area contributed by atoms with Crippen LogP contribution in [-0.4, -0.2) is 51.5 Å². The number of aromatic nitrogens is 2. The summed E-state index contributed by atoms with van der Waals surface area (Å²) in [4.78, 5) is 20.9. The van der Waals surface area contributed by atoms with Crippen molar-refractivity contribution in [1.82, 2.24) is 12.7 Å². The van der Waals surface area contributed by atoms with Crippen LogP contribution in [0.5, 0.6) is 5.75 Å². The average molecular weight is 476 g/mol. The van der Waals surface area contributed by atoms with Gasteiger partial charge in [0.2, 0.25) is 0 Å². The van der Waals surface area contributed by atoms with Crippen molar-refractivity contribution in [3.8, 4) is 5.75 Å². The number of halogens is 3. The second-order valence-electron chi connectivity index (χ2n) is 7.04. The molecule has 4 rings (SSSR count). The Hall–Kier alpha value is -1.49. The molecule has 0 aliphatic carbocycles.